The second-order valence-electron chi connectivity index (χ2n) is 14.0. The maximum Gasteiger partial charge on any atom is 0.160 e. The van der Waals surface area contributed by atoms with Crippen LogP contribution in [0.25, 0.3) is 88.0 Å². The maximum atomic E-state index is 6.89. The van der Waals surface area contributed by atoms with Crippen LogP contribution in [0.3, 0.4) is 0 Å². The number of benzene rings is 9. The lowest BCUT2D eigenvalue weighted by atomic mass is 9.95. The highest BCUT2D eigenvalue weighted by molar-refractivity contribution is 6.18. The van der Waals surface area contributed by atoms with Crippen LogP contribution in [0, 0.1) is 0 Å². The lowest BCUT2D eigenvalue weighted by Gasteiger charge is -2.28. The lowest BCUT2D eigenvalue weighted by molar-refractivity contribution is 0.669. The number of fused-ring (bicyclic) bond motifs is 7. The van der Waals surface area contributed by atoms with Gasteiger partial charge in [0, 0.05) is 38.2 Å². The van der Waals surface area contributed by atoms with Crippen LogP contribution in [-0.4, -0.2) is 0 Å². The third-order valence-electron chi connectivity index (χ3n) is 10.9. The van der Waals surface area contributed by atoms with Crippen molar-refractivity contribution in [2.45, 2.75) is 0 Å². The van der Waals surface area contributed by atoms with E-state index in [-0.39, 0.29) is 0 Å². The predicted octanol–water partition coefficient (Wildman–Crippen LogP) is 15.1. The summed E-state index contributed by atoms with van der Waals surface area (Å²) in [5, 5.41) is 6.78. The summed E-state index contributed by atoms with van der Waals surface area (Å²) < 4.78 is 13.3. The maximum absolute atomic E-state index is 6.89. The number of rotatable bonds is 6. The number of nitrogens with zero attached hydrogens (tertiary/aromatic N) is 1. The van der Waals surface area contributed by atoms with Crippen LogP contribution in [-0.2, 0) is 0 Å². The quantitative estimate of drug-likeness (QED) is 0.173. The molecule has 3 nitrogen and oxygen atoms in total. The van der Waals surface area contributed by atoms with Gasteiger partial charge in [-0.25, -0.2) is 0 Å². The van der Waals surface area contributed by atoms with Crippen molar-refractivity contribution in [3.8, 4) is 33.4 Å². The Bertz CT molecular complexity index is 3190. The highest BCUT2D eigenvalue weighted by Gasteiger charge is 2.24. The lowest BCUT2D eigenvalue weighted by Crippen LogP contribution is -2.11. The van der Waals surface area contributed by atoms with Gasteiger partial charge in [0.25, 0.3) is 0 Å². The standard InChI is InChI=1S/C52H33NO2/c1-3-14-34(15-4-1)38-30-32-46(42-19-8-7-18-41(38)42)53(37-28-26-36(27-29-37)40-22-13-23-44-43-20-9-11-24-48(43)54-51(40)44)47-33-31-39(35-16-5-2-6-17-35)50-45-21-10-12-25-49(45)55-52(47)50/h1-33H. The minimum atomic E-state index is 0.842. The molecule has 11 rings (SSSR count). The average molecular weight is 704 g/mol. The van der Waals surface area contributed by atoms with Crippen LogP contribution in [0.15, 0.2) is 209 Å². The van der Waals surface area contributed by atoms with Gasteiger partial charge < -0.3 is 13.7 Å². The molecule has 2 aromatic heterocycles. The molecule has 0 saturated heterocycles. The second kappa shape index (κ2) is 12.6. The van der Waals surface area contributed by atoms with E-state index in [1.807, 2.05) is 18.2 Å². The molecule has 0 unspecified atom stereocenters. The van der Waals surface area contributed by atoms with E-state index < -0.39 is 0 Å². The van der Waals surface area contributed by atoms with E-state index in [9.17, 15) is 0 Å². The zero-order chi connectivity index (χ0) is 36.3. The van der Waals surface area contributed by atoms with Crippen molar-refractivity contribution in [3.63, 3.8) is 0 Å². The first-order valence-electron chi connectivity index (χ1n) is 18.7. The minimum Gasteiger partial charge on any atom is -0.455 e. The molecule has 0 bridgehead atoms. The number of furan rings is 2. The summed E-state index contributed by atoms with van der Waals surface area (Å²) in [6, 6.07) is 70.8. The van der Waals surface area contributed by atoms with Crippen LogP contribution in [0.2, 0.25) is 0 Å². The Kier molecular flexibility index (Phi) is 7.17. The van der Waals surface area contributed by atoms with Gasteiger partial charge in [-0.05, 0) is 69.6 Å². The first-order chi connectivity index (χ1) is 27.3. The number of para-hydroxylation sites is 3. The van der Waals surface area contributed by atoms with E-state index in [0.29, 0.717) is 0 Å². The number of hydrogen-bond donors (Lipinski definition) is 0. The summed E-state index contributed by atoms with van der Waals surface area (Å²) in [6.45, 7) is 0. The topological polar surface area (TPSA) is 29.5 Å². The van der Waals surface area contributed by atoms with Crippen molar-refractivity contribution < 1.29 is 8.83 Å². The van der Waals surface area contributed by atoms with Gasteiger partial charge in [-0.1, -0.05) is 164 Å². The van der Waals surface area contributed by atoms with E-state index in [1.165, 1.54) is 16.5 Å². The molecule has 3 heteroatoms. The van der Waals surface area contributed by atoms with E-state index in [1.54, 1.807) is 0 Å². The molecule has 9 aromatic carbocycles. The largest absolute Gasteiger partial charge is 0.455 e. The van der Waals surface area contributed by atoms with Crippen LogP contribution in [0.1, 0.15) is 0 Å². The summed E-state index contributed by atoms with van der Waals surface area (Å²) in [5.74, 6) is 0. The molecule has 11 aromatic rings. The summed E-state index contributed by atoms with van der Waals surface area (Å²) in [5.41, 5.74) is 13.4. The van der Waals surface area contributed by atoms with Crippen LogP contribution < -0.4 is 4.90 Å². The Hall–Kier alpha value is -7.36. The highest BCUT2D eigenvalue weighted by atomic mass is 16.3. The fourth-order valence-corrected chi connectivity index (χ4v) is 8.37. The molecule has 0 aliphatic carbocycles. The Balaban J connectivity index is 1.16. The van der Waals surface area contributed by atoms with Gasteiger partial charge in [0.15, 0.2) is 5.58 Å². The SMILES string of the molecule is c1ccc(-c2ccc(N(c3ccc(-c4cccc5c4oc4ccccc45)cc3)c3ccc(-c4ccccc4)c4c3oc3ccccc34)c3ccccc23)cc1. The molecule has 0 saturated carbocycles. The zero-order valence-electron chi connectivity index (χ0n) is 29.8. The normalized spacial score (nSPS) is 11.6. The molecular formula is C52H33NO2. The molecule has 0 N–H and O–H groups in total. The monoisotopic (exact) mass is 703 g/mol. The van der Waals surface area contributed by atoms with E-state index in [0.717, 1.165) is 88.6 Å². The van der Waals surface area contributed by atoms with Crippen molar-refractivity contribution in [1.29, 1.82) is 0 Å². The molecule has 0 radical (unpaired) electrons. The van der Waals surface area contributed by atoms with Gasteiger partial charge in [0.2, 0.25) is 0 Å². The third kappa shape index (κ3) is 5.05. The Morgan fingerprint density at radius 1 is 0.291 bits per heavy atom. The molecule has 258 valence electrons. The van der Waals surface area contributed by atoms with Crippen molar-refractivity contribution in [3.05, 3.63) is 200 Å². The van der Waals surface area contributed by atoms with Crippen LogP contribution >= 0.6 is 0 Å². The molecule has 0 fully saturated rings. The van der Waals surface area contributed by atoms with E-state index in [2.05, 4.69) is 187 Å². The van der Waals surface area contributed by atoms with Gasteiger partial charge in [-0.15, -0.1) is 0 Å². The minimum absolute atomic E-state index is 0.842. The van der Waals surface area contributed by atoms with Crippen molar-refractivity contribution in [1.82, 2.24) is 0 Å². The second-order valence-corrected chi connectivity index (χ2v) is 14.0. The molecule has 2 heterocycles. The van der Waals surface area contributed by atoms with E-state index in [4.69, 9.17) is 8.83 Å². The first kappa shape index (κ1) is 31.2. The predicted molar refractivity (Wildman–Crippen MR) is 229 cm³/mol. The zero-order valence-corrected chi connectivity index (χ0v) is 29.8. The summed E-state index contributed by atoms with van der Waals surface area (Å²) in [6.07, 6.45) is 0. The smallest absolute Gasteiger partial charge is 0.160 e. The number of anilines is 3. The Morgan fingerprint density at radius 2 is 0.818 bits per heavy atom. The van der Waals surface area contributed by atoms with Crippen molar-refractivity contribution >= 4 is 71.7 Å². The molecule has 0 atom stereocenters. The fourth-order valence-electron chi connectivity index (χ4n) is 8.37. The Labute approximate surface area is 317 Å². The summed E-state index contributed by atoms with van der Waals surface area (Å²) >= 11 is 0. The van der Waals surface area contributed by atoms with E-state index >= 15 is 0 Å². The Morgan fingerprint density at radius 3 is 1.56 bits per heavy atom. The molecule has 0 amide bonds. The van der Waals surface area contributed by atoms with Gasteiger partial charge in [-0.3, -0.25) is 0 Å². The molecule has 55 heavy (non-hydrogen) atoms. The molecular weight excluding hydrogens is 671 g/mol. The summed E-state index contributed by atoms with van der Waals surface area (Å²) in [7, 11) is 0. The highest BCUT2D eigenvalue weighted by Crippen LogP contribution is 2.48. The van der Waals surface area contributed by atoms with Crippen LogP contribution in [0.4, 0.5) is 17.1 Å². The van der Waals surface area contributed by atoms with Gasteiger partial charge in [-0.2, -0.15) is 0 Å². The first-order valence-corrected chi connectivity index (χ1v) is 18.7. The molecule has 0 aliphatic rings. The summed E-state index contributed by atoms with van der Waals surface area (Å²) in [4.78, 5) is 2.36. The fraction of sp³-hybridized carbons (Fsp3) is 0. The van der Waals surface area contributed by atoms with Crippen LogP contribution in [0.5, 0.6) is 0 Å². The number of hydrogen-bond acceptors (Lipinski definition) is 3. The van der Waals surface area contributed by atoms with Crippen molar-refractivity contribution in [2.75, 3.05) is 4.90 Å². The third-order valence-corrected chi connectivity index (χ3v) is 10.9. The van der Waals surface area contributed by atoms with Crippen molar-refractivity contribution in [2.24, 2.45) is 0 Å². The van der Waals surface area contributed by atoms with Gasteiger partial charge in [0.05, 0.1) is 11.4 Å². The van der Waals surface area contributed by atoms with Gasteiger partial charge >= 0.3 is 0 Å². The molecule has 0 aliphatic heterocycles. The van der Waals surface area contributed by atoms with Gasteiger partial charge in [0.1, 0.15) is 16.7 Å². The average Bonchev–Trinajstić information content (AvgIpc) is 3.84. The molecule has 0 spiro atoms.